The van der Waals surface area contributed by atoms with E-state index in [1.165, 1.54) is 15.9 Å². The number of aromatic nitrogens is 2. The molecule has 0 amide bonds. The molecule has 0 atom stereocenters. The highest BCUT2D eigenvalue weighted by molar-refractivity contribution is 7.99. The molecule has 3 rings (SSSR count). The smallest absolute Gasteiger partial charge is 0.263 e. The van der Waals surface area contributed by atoms with Crippen LogP contribution in [0.25, 0.3) is 10.2 Å². The van der Waals surface area contributed by atoms with Gasteiger partial charge in [-0.2, -0.15) is 0 Å². The van der Waals surface area contributed by atoms with Crippen LogP contribution in [0, 0.1) is 0 Å². The van der Waals surface area contributed by atoms with Gasteiger partial charge in [-0.1, -0.05) is 11.8 Å². The molecule has 3 heterocycles. The van der Waals surface area contributed by atoms with Gasteiger partial charge in [0.05, 0.1) is 23.6 Å². The van der Waals surface area contributed by atoms with Gasteiger partial charge in [0.15, 0.2) is 5.16 Å². The number of hydrogen-bond donors (Lipinski definition) is 0. The van der Waals surface area contributed by atoms with Gasteiger partial charge in [-0.05, 0) is 26.3 Å². The van der Waals surface area contributed by atoms with E-state index in [0.29, 0.717) is 34.9 Å². The molecule has 1 aliphatic rings. The van der Waals surface area contributed by atoms with Crippen LogP contribution in [-0.2, 0) is 29.1 Å². The maximum atomic E-state index is 12.9. The van der Waals surface area contributed by atoms with E-state index in [1.807, 2.05) is 20.8 Å². The van der Waals surface area contributed by atoms with Crippen molar-refractivity contribution < 1.29 is 14.6 Å². The third-order valence-corrected chi connectivity index (χ3v) is 5.84. The number of ether oxygens (including phenoxy) is 1. The first kappa shape index (κ1) is 16.5. The summed E-state index contributed by atoms with van der Waals surface area (Å²) >= 11 is 2.48. The van der Waals surface area contributed by atoms with E-state index >= 15 is 0 Å². The minimum atomic E-state index is -1.17. The largest absolute Gasteiger partial charge is 0.549 e. The van der Waals surface area contributed by atoms with E-state index < -0.39 is 5.97 Å². The van der Waals surface area contributed by atoms with Crippen molar-refractivity contribution in [2.45, 2.75) is 51.1 Å². The van der Waals surface area contributed by atoms with E-state index in [1.54, 1.807) is 0 Å². The number of thioether (sulfide) groups is 1. The summed E-state index contributed by atoms with van der Waals surface area (Å²) in [7, 11) is 0. The molecular weight excluding hydrogens is 336 g/mol. The molecule has 0 aromatic carbocycles. The SMILES string of the molecule is CCn1c(SCC(=O)[O-])nc2sc3c(c2c1=O)CC(C)(C)OC3. The lowest BCUT2D eigenvalue weighted by atomic mass is 9.94. The Labute approximate surface area is 141 Å². The van der Waals surface area contributed by atoms with Crippen LogP contribution in [0.3, 0.4) is 0 Å². The van der Waals surface area contributed by atoms with Crippen LogP contribution in [0.4, 0.5) is 0 Å². The Morgan fingerprint density at radius 1 is 1.52 bits per heavy atom. The first-order valence-electron chi connectivity index (χ1n) is 7.34. The first-order valence-corrected chi connectivity index (χ1v) is 9.14. The zero-order valence-electron chi connectivity index (χ0n) is 13.2. The molecule has 0 bridgehead atoms. The lowest BCUT2D eigenvalue weighted by molar-refractivity contribution is -0.301. The van der Waals surface area contributed by atoms with Gasteiger partial charge in [-0.3, -0.25) is 9.36 Å². The first-order chi connectivity index (χ1) is 10.8. The standard InChI is InChI=1S/C15H18N2O4S2/c1-4-17-13(20)11-8-5-15(2,3)21-6-9(8)23-12(11)16-14(17)22-7-10(18)19/h4-7H2,1-3H3,(H,18,19)/p-1. The Kier molecular flexibility index (Phi) is 4.24. The number of hydrogen-bond acceptors (Lipinski definition) is 7. The summed E-state index contributed by atoms with van der Waals surface area (Å²) in [5.74, 6) is -1.40. The van der Waals surface area contributed by atoms with E-state index in [0.717, 1.165) is 22.2 Å². The van der Waals surface area contributed by atoms with Gasteiger partial charge in [0, 0.05) is 23.6 Å². The molecule has 0 fully saturated rings. The number of fused-ring (bicyclic) bond motifs is 3. The molecule has 0 saturated heterocycles. The van der Waals surface area contributed by atoms with Crippen LogP contribution in [0.1, 0.15) is 31.2 Å². The van der Waals surface area contributed by atoms with E-state index in [-0.39, 0.29) is 16.9 Å². The molecule has 23 heavy (non-hydrogen) atoms. The Hall–Kier alpha value is -1.38. The lowest BCUT2D eigenvalue weighted by Gasteiger charge is -2.29. The number of carboxylic acid groups (broad SMARTS) is 1. The third-order valence-electron chi connectivity index (χ3n) is 3.79. The van der Waals surface area contributed by atoms with Crippen molar-refractivity contribution in [2.24, 2.45) is 0 Å². The fourth-order valence-electron chi connectivity index (χ4n) is 2.72. The highest BCUT2D eigenvalue weighted by atomic mass is 32.2. The summed E-state index contributed by atoms with van der Waals surface area (Å²) in [4.78, 5) is 29.8. The summed E-state index contributed by atoms with van der Waals surface area (Å²) in [6.45, 7) is 6.80. The number of carboxylic acids is 1. The van der Waals surface area contributed by atoms with Crippen molar-refractivity contribution in [2.75, 3.05) is 5.75 Å². The van der Waals surface area contributed by atoms with Crippen molar-refractivity contribution in [1.29, 1.82) is 0 Å². The molecule has 0 aliphatic carbocycles. The molecular formula is C15H17N2O4S2-. The third kappa shape index (κ3) is 3.02. The van der Waals surface area contributed by atoms with E-state index in [9.17, 15) is 14.7 Å². The summed E-state index contributed by atoms with van der Waals surface area (Å²) in [6.07, 6.45) is 0.675. The number of thiophene rings is 1. The molecule has 1 aliphatic heterocycles. The molecule has 6 nitrogen and oxygen atoms in total. The van der Waals surface area contributed by atoms with Crippen LogP contribution in [0.15, 0.2) is 9.95 Å². The highest BCUT2D eigenvalue weighted by Gasteiger charge is 2.31. The summed E-state index contributed by atoms with van der Waals surface area (Å²) in [5.41, 5.74) is 0.623. The fraction of sp³-hybridized carbons (Fsp3) is 0.533. The monoisotopic (exact) mass is 353 g/mol. The number of aliphatic carboxylic acids is 1. The maximum absolute atomic E-state index is 12.9. The summed E-state index contributed by atoms with van der Waals surface area (Å²) in [5, 5.41) is 11.8. The predicted molar refractivity (Wildman–Crippen MR) is 87.9 cm³/mol. The van der Waals surface area contributed by atoms with E-state index in [2.05, 4.69) is 4.98 Å². The van der Waals surface area contributed by atoms with Crippen LogP contribution < -0.4 is 10.7 Å². The van der Waals surface area contributed by atoms with Crippen LogP contribution in [0.2, 0.25) is 0 Å². The number of carbonyl (C=O) groups is 1. The van der Waals surface area contributed by atoms with Crippen LogP contribution in [0.5, 0.6) is 0 Å². The molecule has 0 saturated carbocycles. The summed E-state index contributed by atoms with van der Waals surface area (Å²) < 4.78 is 7.34. The zero-order chi connectivity index (χ0) is 16.8. The predicted octanol–water partition coefficient (Wildman–Crippen LogP) is 1.17. The second kappa shape index (κ2) is 5.92. The van der Waals surface area contributed by atoms with Gasteiger partial charge in [0.2, 0.25) is 0 Å². The topological polar surface area (TPSA) is 84.3 Å². The van der Waals surface area contributed by atoms with Gasteiger partial charge in [-0.15, -0.1) is 11.3 Å². The Balaban J connectivity index is 2.17. The Bertz CT molecular complexity index is 838. The quantitative estimate of drug-likeness (QED) is 0.606. The van der Waals surface area contributed by atoms with Gasteiger partial charge in [0.1, 0.15) is 4.83 Å². The highest BCUT2D eigenvalue weighted by Crippen LogP contribution is 2.37. The molecule has 124 valence electrons. The van der Waals surface area contributed by atoms with Crippen LogP contribution >= 0.6 is 23.1 Å². The average molecular weight is 353 g/mol. The van der Waals surface area contributed by atoms with Crippen LogP contribution in [-0.4, -0.2) is 26.9 Å². The minimum absolute atomic E-state index is 0.103. The number of rotatable bonds is 4. The Morgan fingerprint density at radius 2 is 2.26 bits per heavy atom. The molecule has 0 radical (unpaired) electrons. The molecule has 0 unspecified atom stereocenters. The van der Waals surface area contributed by atoms with Crippen molar-refractivity contribution in [1.82, 2.24) is 9.55 Å². The molecule has 0 N–H and O–H groups in total. The normalized spacial score (nSPS) is 16.5. The summed E-state index contributed by atoms with van der Waals surface area (Å²) in [6, 6.07) is 0. The second-order valence-corrected chi connectivity index (χ2v) is 8.04. The number of nitrogens with zero attached hydrogens (tertiary/aromatic N) is 2. The minimum Gasteiger partial charge on any atom is -0.549 e. The van der Waals surface area contributed by atoms with Gasteiger partial charge < -0.3 is 14.6 Å². The fourth-order valence-corrected chi connectivity index (χ4v) is 4.64. The van der Waals surface area contributed by atoms with Crippen molar-refractivity contribution >= 4 is 39.3 Å². The molecule has 2 aromatic heterocycles. The average Bonchev–Trinajstić information content (AvgIpc) is 2.81. The Morgan fingerprint density at radius 3 is 2.91 bits per heavy atom. The maximum Gasteiger partial charge on any atom is 0.263 e. The molecule has 2 aromatic rings. The van der Waals surface area contributed by atoms with Crippen molar-refractivity contribution in [3.8, 4) is 0 Å². The van der Waals surface area contributed by atoms with Gasteiger partial charge in [0.25, 0.3) is 5.56 Å². The van der Waals surface area contributed by atoms with Gasteiger partial charge >= 0.3 is 0 Å². The van der Waals surface area contributed by atoms with Gasteiger partial charge in [-0.25, -0.2) is 4.98 Å². The molecule has 0 spiro atoms. The molecule has 8 heteroatoms. The van der Waals surface area contributed by atoms with E-state index in [4.69, 9.17) is 4.74 Å². The van der Waals surface area contributed by atoms with Crippen molar-refractivity contribution in [3.05, 3.63) is 20.8 Å². The zero-order valence-corrected chi connectivity index (χ0v) is 14.8. The lowest BCUT2D eigenvalue weighted by Crippen LogP contribution is -2.32. The van der Waals surface area contributed by atoms with Crippen molar-refractivity contribution in [3.63, 3.8) is 0 Å². The number of carbonyl (C=O) groups excluding carboxylic acids is 1. The second-order valence-electron chi connectivity index (χ2n) is 6.01.